The Morgan fingerprint density at radius 1 is 1.23 bits per heavy atom. The minimum atomic E-state index is 0.533. The van der Waals surface area contributed by atoms with Crippen LogP contribution in [-0.2, 0) is 0 Å². The number of rotatable bonds is 6. The molecule has 0 aliphatic rings. The number of likely N-dealkylation sites (N-methyl/N-ethyl adjacent to an activating group) is 1. The van der Waals surface area contributed by atoms with Crippen LogP contribution in [-0.4, -0.2) is 12.6 Å². The van der Waals surface area contributed by atoms with E-state index in [4.69, 9.17) is 0 Å². The molecule has 0 radical (unpaired) electrons. The van der Waals surface area contributed by atoms with Crippen molar-refractivity contribution in [3.8, 4) is 0 Å². The molecule has 1 atom stereocenters. The molecule has 0 aliphatic carbocycles. The van der Waals surface area contributed by atoms with E-state index < -0.39 is 0 Å². The standard InChI is InChI=1S/C12H25N/c1-6-12(7-2)9-10(4)11(5)13-8-3/h9,11-13H,6-8H2,1-5H3. The molecule has 0 aromatic carbocycles. The van der Waals surface area contributed by atoms with Gasteiger partial charge in [0.2, 0.25) is 0 Å². The van der Waals surface area contributed by atoms with E-state index in [9.17, 15) is 0 Å². The topological polar surface area (TPSA) is 12.0 Å². The Morgan fingerprint density at radius 3 is 2.15 bits per heavy atom. The Hall–Kier alpha value is -0.300. The van der Waals surface area contributed by atoms with Gasteiger partial charge in [0.25, 0.3) is 0 Å². The van der Waals surface area contributed by atoms with E-state index in [-0.39, 0.29) is 0 Å². The quantitative estimate of drug-likeness (QED) is 0.623. The van der Waals surface area contributed by atoms with E-state index in [0.29, 0.717) is 6.04 Å². The molecule has 0 bridgehead atoms. The number of hydrogen-bond acceptors (Lipinski definition) is 1. The van der Waals surface area contributed by atoms with Gasteiger partial charge in [-0.1, -0.05) is 32.4 Å². The van der Waals surface area contributed by atoms with Crippen LogP contribution in [0.15, 0.2) is 11.6 Å². The lowest BCUT2D eigenvalue weighted by atomic mass is 9.98. The first-order valence-corrected chi connectivity index (χ1v) is 5.57. The Morgan fingerprint density at radius 2 is 1.77 bits per heavy atom. The monoisotopic (exact) mass is 183 g/mol. The van der Waals surface area contributed by atoms with Crippen molar-refractivity contribution >= 4 is 0 Å². The highest BCUT2D eigenvalue weighted by Crippen LogP contribution is 2.13. The Kier molecular flexibility index (Phi) is 6.97. The molecule has 1 N–H and O–H groups in total. The molecule has 0 rings (SSSR count). The Balaban J connectivity index is 4.11. The maximum Gasteiger partial charge on any atom is 0.0248 e. The summed E-state index contributed by atoms with van der Waals surface area (Å²) in [5.41, 5.74) is 1.48. The van der Waals surface area contributed by atoms with Crippen molar-refractivity contribution in [2.75, 3.05) is 6.54 Å². The Labute approximate surface area is 83.6 Å². The van der Waals surface area contributed by atoms with Gasteiger partial charge in [0.1, 0.15) is 0 Å². The van der Waals surface area contributed by atoms with Crippen molar-refractivity contribution in [1.29, 1.82) is 0 Å². The molecule has 1 heteroatoms. The van der Waals surface area contributed by atoms with Crippen LogP contribution in [0.5, 0.6) is 0 Å². The van der Waals surface area contributed by atoms with E-state index in [0.717, 1.165) is 12.5 Å². The minimum Gasteiger partial charge on any atom is -0.311 e. The molecule has 78 valence electrons. The number of allylic oxidation sites excluding steroid dienone is 1. The lowest BCUT2D eigenvalue weighted by molar-refractivity contribution is 0.579. The highest BCUT2D eigenvalue weighted by molar-refractivity contribution is 5.07. The summed E-state index contributed by atoms with van der Waals surface area (Å²) in [6, 6.07) is 0.533. The predicted octanol–water partition coefficient (Wildman–Crippen LogP) is 3.37. The van der Waals surface area contributed by atoms with Gasteiger partial charge >= 0.3 is 0 Å². The van der Waals surface area contributed by atoms with Crippen molar-refractivity contribution in [3.63, 3.8) is 0 Å². The fraction of sp³-hybridized carbons (Fsp3) is 0.833. The summed E-state index contributed by atoms with van der Waals surface area (Å²) in [5, 5.41) is 3.43. The summed E-state index contributed by atoms with van der Waals surface area (Å²) in [7, 11) is 0. The second kappa shape index (κ2) is 7.14. The van der Waals surface area contributed by atoms with Crippen LogP contribution < -0.4 is 5.32 Å². The molecule has 0 aromatic heterocycles. The average Bonchev–Trinajstić information content (AvgIpc) is 2.14. The van der Waals surface area contributed by atoms with Crippen LogP contribution in [0.2, 0.25) is 0 Å². The van der Waals surface area contributed by atoms with Crippen molar-refractivity contribution in [1.82, 2.24) is 5.32 Å². The summed E-state index contributed by atoms with van der Waals surface area (Å²) in [5.74, 6) is 0.765. The second-order valence-corrected chi connectivity index (χ2v) is 3.77. The molecule has 0 amide bonds. The van der Waals surface area contributed by atoms with Gasteiger partial charge in [0, 0.05) is 6.04 Å². The van der Waals surface area contributed by atoms with Gasteiger partial charge < -0.3 is 5.32 Å². The van der Waals surface area contributed by atoms with Crippen LogP contribution in [0.3, 0.4) is 0 Å². The van der Waals surface area contributed by atoms with Gasteiger partial charge in [-0.3, -0.25) is 0 Å². The molecule has 0 spiro atoms. The molecule has 0 saturated heterocycles. The third kappa shape index (κ3) is 5.09. The summed E-state index contributed by atoms with van der Waals surface area (Å²) in [4.78, 5) is 0. The molecule has 0 fully saturated rings. The van der Waals surface area contributed by atoms with Gasteiger partial charge in [0.15, 0.2) is 0 Å². The van der Waals surface area contributed by atoms with E-state index in [1.807, 2.05) is 0 Å². The maximum absolute atomic E-state index is 3.43. The van der Waals surface area contributed by atoms with Crippen molar-refractivity contribution in [2.45, 2.75) is 53.5 Å². The zero-order valence-corrected chi connectivity index (χ0v) is 9.85. The predicted molar refractivity (Wildman–Crippen MR) is 61.0 cm³/mol. The molecule has 0 aromatic rings. The summed E-state index contributed by atoms with van der Waals surface area (Å²) >= 11 is 0. The zero-order chi connectivity index (χ0) is 10.3. The van der Waals surface area contributed by atoms with Gasteiger partial charge in [-0.25, -0.2) is 0 Å². The Bertz CT molecular complexity index is 145. The molecule has 0 aliphatic heterocycles. The maximum atomic E-state index is 3.43. The van der Waals surface area contributed by atoms with Gasteiger partial charge in [-0.15, -0.1) is 0 Å². The van der Waals surface area contributed by atoms with Crippen molar-refractivity contribution in [3.05, 3.63) is 11.6 Å². The summed E-state index contributed by atoms with van der Waals surface area (Å²) in [6.07, 6.45) is 4.94. The first-order chi connectivity index (χ1) is 6.15. The third-order valence-corrected chi connectivity index (χ3v) is 2.74. The van der Waals surface area contributed by atoms with E-state index in [1.54, 1.807) is 0 Å². The average molecular weight is 183 g/mol. The van der Waals surface area contributed by atoms with Crippen molar-refractivity contribution < 1.29 is 0 Å². The first kappa shape index (κ1) is 12.7. The second-order valence-electron chi connectivity index (χ2n) is 3.77. The first-order valence-electron chi connectivity index (χ1n) is 5.57. The number of nitrogens with one attached hydrogen (secondary N) is 1. The zero-order valence-electron chi connectivity index (χ0n) is 9.85. The van der Waals surface area contributed by atoms with Gasteiger partial charge in [-0.05, 0) is 39.2 Å². The smallest absolute Gasteiger partial charge is 0.0248 e. The molecule has 1 nitrogen and oxygen atoms in total. The van der Waals surface area contributed by atoms with Gasteiger partial charge in [-0.2, -0.15) is 0 Å². The van der Waals surface area contributed by atoms with E-state index in [2.05, 4.69) is 46.0 Å². The number of hydrogen-bond donors (Lipinski definition) is 1. The van der Waals surface area contributed by atoms with Crippen molar-refractivity contribution in [2.24, 2.45) is 5.92 Å². The van der Waals surface area contributed by atoms with Crippen LogP contribution in [0, 0.1) is 5.92 Å². The molecule has 1 unspecified atom stereocenters. The fourth-order valence-corrected chi connectivity index (χ4v) is 1.51. The summed E-state index contributed by atoms with van der Waals surface area (Å²) in [6.45, 7) is 12.2. The molecular formula is C12H25N. The SMILES string of the molecule is CCNC(C)C(C)=CC(CC)CC. The van der Waals surface area contributed by atoms with E-state index in [1.165, 1.54) is 18.4 Å². The minimum absolute atomic E-state index is 0.533. The normalized spacial score (nSPS) is 15.1. The lowest BCUT2D eigenvalue weighted by Crippen LogP contribution is -2.26. The van der Waals surface area contributed by atoms with Crippen LogP contribution >= 0.6 is 0 Å². The van der Waals surface area contributed by atoms with Crippen LogP contribution in [0.4, 0.5) is 0 Å². The fourth-order valence-electron chi connectivity index (χ4n) is 1.51. The largest absolute Gasteiger partial charge is 0.311 e. The lowest BCUT2D eigenvalue weighted by Gasteiger charge is -2.15. The highest BCUT2D eigenvalue weighted by Gasteiger charge is 2.04. The van der Waals surface area contributed by atoms with Crippen LogP contribution in [0.25, 0.3) is 0 Å². The molecular weight excluding hydrogens is 158 g/mol. The van der Waals surface area contributed by atoms with Crippen LogP contribution in [0.1, 0.15) is 47.5 Å². The van der Waals surface area contributed by atoms with Gasteiger partial charge in [0.05, 0.1) is 0 Å². The summed E-state index contributed by atoms with van der Waals surface area (Å²) < 4.78 is 0. The third-order valence-electron chi connectivity index (χ3n) is 2.74. The van der Waals surface area contributed by atoms with E-state index >= 15 is 0 Å². The molecule has 0 saturated carbocycles. The molecule has 0 heterocycles. The highest BCUT2D eigenvalue weighted by atomic mass is 14.9. The molecule has 13 heavy (non-hydrogen) atoms.